The van der Waals surface area contributed by atoms with Crippen molar-refractivity contribution in [2.45, 2.75) is 0 Å². The minimum atomic E-state index is 0.551. The minimum Gasteiger partial charge on any atom is -0.455 e. The number of furan rings is 1. The molecule has 0 saturated carbocycles. The van der Waals surface area contributed by atoms with Gasteiger partial charge in [-0.05, 0) is 56.8 Å². The SMILES string of the molecule is c1ccc(-c2cc(-c3ccccc3)c3oc4c(-c5nc(-c6ccccc6)nc(-c6cccc7ccccc67)n5)ccc(-c5ccccc5)c4c3c2)cc1. The normalized spacial score (nSPS) is 11.4. The first-order valence-corrected chi connectivity index (χ1v) is 17.8. The van der Waals surface area contributed by atoms with Crippen molar-refractivity contribution < 1.29 is 4.42 Å². The molecule has 8 aromatic carbocycles. The fourth-order valence-electron chi connectivity index (χ4n) is 7.40. The van der Waals surface area contributed by atoms with Gasteiger partial charge in [0.15, 0.2) is 17.5 Å². The summed E-state index contributed by atoms with van der Waals surface area (Å²) in [5.41, 5.74) is 10.8. The van der Waals surface area contributed by atoms with Gasteiger partial charge in [0, 0.05) is 27.5 Å². The molecule has 0 amide bonds. The second kappa shape index (κ2) is 12.9. The molecule has 0 aliphatic heterocycles. The Bertz CT molecular complexity index is 2920. The molecule has 0 aliphatic carbocycles. The lowest BCUT2D eigenvalue weighted by atomic mass is 9.92. The number of hydrogen-bond acceptors (Lipinski definition) is 4. The Hall–Kier alpha value is -7.17. The molecule has 4 heteroatoms. The number of aromatic nitrogens is 3. The highest BCUT2D eigenvalue weighted by atomic mass is 16.3. The fraction of sp³-hybridized carbons (Fsp3) is 0. The Kier molecular flexibility index (Phi) is 7.43. The molecule has 2 aromatic heterocycles. The van der Waals surface area contributed by atoms with Gasteiger partial charge in [-0.25, -0.2) is 15.0 Å². The quantitative estimate of drug-likeness (QED) is 0.176. The Balaban J connectivity index is 1.31. The van der Waals surface area contributed by atoms with Crippen molar-refractivity contribution in [1.82, 2.24) is 15.0 Å². The van der Waals surface area contributed by atoms with E-state index in [9.17, 15) is 0 Å². The van der Waals surface area contributed by atoms with E-state index in [1.165, 1.54) is 0 Å². The molecule has 10 aromatic rings. The van der Waals surface area contributed by atoms with E-state index in [0.717, 1.165) is 82.8 Å². The van der Waals surface area contributed by atoms with Gasteiger partial charge in [0.25, 0.3) is 0 Å². The molecule has 0 saturated heterocycles. The van der Waals surface area contributed by atoms with Crippen LogP contribution in [0.4, 0.5) is 0 Å². The molecule has 0 aliphatic rings. The average molecular weight is 678 g/mol. The molecule has 0 spiro atoms. The number of nitrogens with zero attached hydrogens (tertiary/aromatic N) is 3. The molecule has 4 nitrogen and oxygen atoms in total. The van der Waals surface area contributed by atoms with Gasteiger partial charge in [0.05, 0.1) is 5.56 Å². The summed E-state index contributed by atoms with van der Waals surface area (Å²) >= 11 is 0. The number of rotatable bonds is 6. The second-order valence-electron chi connectivity index (χ2n) is 13.2. The van der Waals surface area contributed by atoms with Crippen LogP contribution in [0, 0.1) is 0 Å². The van der Waals surface area contributed by atoms with E-state index in [0.29, 0.717) is 17.5 Å². The monoisotopic (exact) mass is 677 g/mol. The molecule has 2 heterocycles. The zero-order valence-electron chi connectivity index (χ0n) is 28.6. The lowest BCUT2D eigenvalue weighted by Gasteiger charge is -2.11. The van der Waals surface area contributed by atoms with Crippen LogP contribution in [0.2, 0.25) is 0 Å². The van der Waals surface area contributed by atoms with Crippen LogP contribution in [0.1, 0.15) is 0 Å². The van der Waals surface area contributed by atoms with Crippen LogP contribution in [-0.2, 0) is 0 Å². The van der Waals surface area contributed by atoms with Crippen molar-refractivity contribution >= 4 is 32.7 Å². The topological polar surface area (TPSA) is 51.8 Å². The predicted molar refractivity (Wildman–Crippen MR) is 217 cm³/mol. The minimum absolute atomic E-state index is 0.551. The number of fused-ring (bicyclic) bond motifs is 4. The molecule has 0 fully saturated rings. The highest BCUT2D eigenvalue weighted by molar-refractivity contribution is 6.19. The van der Waals surface area contributed by atoms with E-state index in [1.807, 2.05) is 42.5 Å². The first-order valence-electron chi connectivity index (χ1n) is 17.8. The third-order valence-corrected chi connectivity index (χ3v) is 9.94. The lowest BCUT2D eigenvalue weighted by Crippen LogP contribution is -2.01. The highest BCUT2D eigenvalue weighted by Crippen LogP contribution is 2.46. The maximum absolute atomic E-state index is 7.14. The Morgan fingerprint density at radius 2 is 0.830 bits per heavy atom. The first kappa shape index (κ1) is 30.6. The van der Waals surface area contributed by atoms with E-state index in [2.05, 4.69) is 146 Å². The smallest absolute Gasteiger partial charge is 0.167 e. The number of benzene rings is 8. The van der Waals surface area contributed by atoms with Crippen molar-refractivity contribution in [3.8, 4) is 67.5 Å². The summed E-state index contributed by atoms with van der Waals surface area (Å²) in [6.07, 6.45) is 0. The summed E-state index contributed by atoms with van der Waals surface area (Å²) in [4.78, 5) is 15.5. The molecule has 0 unspecified atom stereocenters. The van der Waals surface area contributed by atoms with Crippen LogP contribution in [0.15, 0.2) is 192 Å². The zero-order chi connectivity index (χ0) is 35.1. The third kappa shape index (κ3) is 5.45. The van der Waals surface area contributed by atoms with Gasteiger partial charge < -0.3 is 4.42 Å². The fourth-order valence-corrected chi connectivity index (χ4v) is 7.40. The standard InChI is InChI=1S/C49H31N3O/c1-5-16-32(17-6-1)37-30-42(35-20-9-3-10-21-35)45-43(31-37)44-39(34-18-7-2-8-19-34)28-29-41(46(44)53-45)49-51-47(36-23-11-4-12-24-36)50-48(52-49)40-27-15-25-33-22-13-14-26-38(33)40/h1-31H. The molecule has 0 bridgehead atoms. The highest BCUT2D eigenvalue weighted by Gasteiger charge is 2.23. The summed E-state index contributed by atoms with van der Waals surface area (Å²) in [5.74, 6) is 1.76. The van der Waals surface area contributed by atoms with E-state index >= 15 is 0 Å². The van der Waals surface area contributed by atoms with E-state index < -0.39 is 0 Å². The van der Waals surface area contributed by atoms with Crippen molar-refractivity contribution in [2.75, 3.05) is 0 Å². The second-order valence-corrected chi connectivity index (χ2v) is 13.2. The largest absolute Gasteiger partial charge is 0.455 e. The van der Waals surface area contributed by atoms with E-state index in [4.69, 9.17) is 19.4 Å². The molecule has 0 atom stereocenters. The van der Waals surface area contributed by atoms with Gasteiger partial charge in [-0.1, -0.05) is 170 Å². The van der Waals surface area contributed by atoms with Crippen LogP contribution < -0.4 is 0 Å². The summed E-state index contributed by atoms with van der Waals surface area (Å²) < 4.78 is 7.14. The Morgan fingerprint density at radius 1 is 0.302 bits per heavy atom. The van der Waals surface area contributed by atoms with Crippen molar-refractivity contribution in [3.63, 3.8) is 0 Å². The van der Waals surface area contributed by atoms with Gasteiger partial charge >= 0.3 is 0 Å². The molecule has 0 N–H and O–H groups in total. The van der Waals surface area contributed by atoms with Crippen molar-refractivity contribution in [3.05, 3.63) is 188 Å². The maximum atomic E-state index is 7.14. The van der Waals surface area contributed by atoms with Gasteiger partial charge in [0.1, 0.15) is 11.2 Å². The van der Waals surface area contributed by atoms with Crippen molar-refractivity contribution in [1.29, 1.82) is 0 Å². The van der Waals surface area contributed by atoms with Crippen LogP contribution >= 0.6 is 0 Å². The summed E-state index contributed by atoms with van der Waals surface area (Å²) in [6.45, 7) is 0. The summed E-state index contributed by atoms with van der Waals surface area (Å²) in [5, 5.41) is 4.27. The first-order chi connectivity index (χ1) is 26.3. The molecule has 10 rings (SSSR count). The predicted octanol–water partition coefficient (Wildman–Crippen LogP) is 12.9. The molecular formula is C49H31N3O. The maximum Gasteiger partial charge on any atom is 0.167 e. The number of hydrogen-bond donors (Lipinski definition) is 0. The van der Waals surface area contributed by atoms with Crippen LogP contribution in [0.3, 0.4) is 0 Å². The van der Waals surface area contributed by atoms with Crippen LogP contribution in [-0.4, -0.2) is 15.0 Å². The van der Waals surface area contributed by atoms with Gasteiger partial charge in [-0.2, -0.15) is 0 Å². The van der Waals surface area contributed by atoms with E-state index in [-0.39, 0.29) is 0 Å². The van der Waals surface area contributed by atoms with Gasteiger partial charge in [-0.15, -0.1) is 0 Å². The summed E-state index contributed by atoms with van der Waals surface area (Å²) in [6, 6.07) is 65.1. The Labute approximate surface area is 306 Å². The summed E-state index contributed by atoms with van der Waals surface area (Å²) in [7, 11) is 0. The van der Waals surface area contributed by atoms with Gasteiger partial charge in [-0.3, -0.25) is 0 Å². The third-order valence-electron chi connectivity index (χ3n) is 9.94. The Morgan fingerprint density at radius 3 is 1.53 bits per heavy atom. The molecule has 53 heavy (non-hydrogen) atoms. The van der Waals surface area contributed by atoms with Gasteiger partial charge in [0.2, 0.25) is 0 Å². The molecule has 0 radical (unpaired) electrons. The van der Waals surface area contributed by atoms with Crippen LogP contribution in [0.5, 0.6) is 0 Å². The molecular weight excluding hydrogens is 647 g/mol. The average Bonchev–Trinajstić information content (AvgIpc) is 3.64. The zero-order valence-corrected chi connectivity index (χ0v) is 28.6. The van der Waals surface area contributed by atoms with Crippen LogP contribution in [0.25, 0.3) is 100 Å². The van der Waals surface area contributed by atoms with E-state index in [1.54, 1.807) is 0 Å². The van der Waals surface area contributed by atoms with Crippen molar-refractivity contribution in [2.24, 2.45) is 0 Å². The lowest BCUT2D eigenvalue weighted by molar-refractivity contribution is 0.670. The molecule has 248 valence electrons.